The van der Waals surface area contributed by atoms with Crippen LogP contribution in [0.3, 0.4) is 0 Å². The number of nitrogens with zero attached hydrogens (tertiary/aromatic N) is 1. The number of carbonyl (C=O) groups excluding carboxylic acids is 1. The molecule has 5 nitrogen and oxygen atoms in total. The van der Waals surface area contributed by atoms with Crippen LogP contribution in [0.5, 0.6) is 0 Å². The first-order valence-electron chi connectivity index (χ1n) is 7.61. The molecule has 0 aromatic heterocycles. The van der Waals surface area contributed by atoms with Crippen LogP contribution >= 0.6 is 0 Å². The lowest BCUT2D eigenvalue weighted by molar-refractivity contribution is -0.141. The molecule has 1 rings (SSSR count). The average molecular weight is 284 g/mol. The molecule has 1 aliphatic heterocycles. The highest BCUT2D eigenvalue weighted by molar-refractivity contribution is 5.76. The number of urea groups is 1. The minimum Gasteiger partial charge on any atom is -0.481 e. The second-order valence-electron chi connectivity index (χ2n) is 6.51. The molecule has 0 aromatic rings. The van der Waals surface area contributed by atoms with Crippen molar-refractivity contribution < 1.29 is 14.7 Å². The minimum absolute atomic E-state index is 0.120. The summed E-state index contributed by atoms with van der Waals surface area (Å²) in [6.45, 7) is 8.16. The van der Waals surface area contributed by atoms with Gasteiger partial charge >= 0.3 is 12.0 Å². The van der Waals surface area contributed by atoms with Gasteiger partial charge < -0.3 is 15.3 Å². The Morgan fingerprint density at radius 2 is 2.00 bits per heavy atom. The van der Waals surface area contributed by atoms with Gasteiger partial charge in [-0.3, -0.25) is 4.79 Å². The topological polar surface area (TPSA) is 69.6 Å². The zero-order chi connectivity index (χ0) is 15.2. The van der Waals surface area contributed by atoms with E-state index < -0.39 is 11.9 Å². The third kappa shape index (κ3) is 5.39. The van der Waals surface area contributed by atoms with Crippen LogP contribution in [0.1, 0.15) is 52.9 Å². The van der Waals surface area contributed by atoms with Gasteiger partial charge in [0, 0.05) is 19.6 Å². The monoisotopic (exact) mass is 284 g/mol. The van der Waals surface area contributed by atoms with Crippen molar-refractivity contribution in [3.8, 4) is 0 Å². The first kappa shape index (κ1) is 16.8. The van der Waals surface area contributed by atoms with E-state index in [-0.39, 0.29) is 12.6 Å². The van der Waals surface area contributed by atoms with Crippen molar-refractivity contribution in [2.45, 2.75) is 52.9 Å². The normalized spacial score (nSPS) is 20.1. The smallest absolute Gasteiger partial charge is 0.317 e. The summed E-state index contributed by atoms with van der Waals surface area (Å²) in [5.74, 6) is -1.31. The summed E-state index contributed by atoms with van der Waals surface area (Å²) in [4.78, 5) is 25.0. The molecule has 0 spiro atoms. The predicted molar refractivity (Wildman–Crippen MR) is 78.6 cm³/mol. The van der Waals surface area contributed by atoms with Gasteiger partial charge in [-0.1, -0.05) is 27.2 Å². The van der Waals surface area contributed by atoms with Crippen LogP contribution in [0.2, 0.25) is 0 Å². The molecule has 1 atom stereocenters. The molecule has 0 aromatic carbocycles. The SMILES string of the molecule is CCCC(CNC(=O)N1CCCC(C)(C)CC1)C(=O)O. The van der Waals surface area contributed by atoms with Crippen LogP contribution in [0.4, 0.5) is 4.79 Å². The zero-order valence-electron chi connectivity index (χ0n) is 12.9. The van der Waals surface area contributed by atoms with Gasteiger partial charge in [0.05, 0.1) is 5.92 Å². The molecule has 1 heterocycles. The molecule has 1 unspecified atom stereocenters. The highest BCUT2D eigenvalue weighted by Gasteiger charge is 2.26. The second kappa shape index (κ2) is 7.50. The van der Waals surface area contributed by atoms with Crippen LogP contribution in [0.25, 0.3) is 0 Å². The number of hydrogen-bond donors (Lipinski definition) is 2. The van der Waals surface area contributed by atoms with E-state index in [1.54, 1.807) is 0 Å². The molecule has 2 N–H and O–H groups in total. The minimum atomic E-state index is -0.829. The Bertz CT molecular complexity index is 342. The Balaban J connectivity index is 2.44. The molecule has 116 valence electrons. The molecule has 2 amide bonds. The molecular weight excluding hydrogens is 256 g/mol. The summed E-state index contributed by atoms with van der Waals surface area (Å²) in [6, 6.07) is -0.120. The molecule has 1 fully saturated rings. The number of aliphatic carboxylic acids is 1. The summed E-state index contributed by atoms with van der Waals surface area (Å²) in [5, 5.41) is 11.9. The van der Waals surface area contributed by atoms with Crippen molar-refractivity contribution in [2.24, 2.45) is 11.3 Å². The lowest BCUT2D eigenvalue weighted by atomic mass is 9.85. The fraction of sp³-hybridized carbons (Fsp3) is 0.867. The maximum absolute atomic E-state index is 12.1. The van der Waals surface area contributed by atoms with Gasteiger partial charge in [0.2, 0.25) is 0 Å². The van der Waals surface area contributed by atoms with Crippen molar-refractivity contribution in [1.82, 2.24) is 10.2 Å². The van der Waals surface area contributed by atoms with Gasteiger partial charge in [-0.15, -0.1) is 0 Å². The van der Waals surface area contributed by atoms with Gasteiger partial charge in [-0.25, -0.2) is 4.79 Å². The molecule has 0 aliphatic carbocycles. The quantitative estimate of drug-likeness (QED) is 0.815. The number of carboxylic acid groups (broad SMARTS) is 1. The number of nitrogens with one attached hydrogen (secondary N) is 1. The third-order valence-corrected chi connectivity index (χ3v) is 4.11. The van der Waals surface area contributed by atoms with Crippen molar-refractivity contribution in [2.75, 3.05) is 19.6 Å². The van der Waals surface area contributed by atoms with E-state index in [1.165, 1.54) is 0 Å². The first-order valence-corrected chi connectivity index (χ1v) is 7.61. The highest BCUT2D eigenvalue weighted by atomic mass is 16.4. The second-order valence-corrected chi connectivity index (χ2v) is 6.51. The molecule has 0 saturated carbocycles. The summed E-state index contributed by atoms with van der Waals surface area (Å²) in [6.07, 6.45) is 4.55. The van der Waals surface area contributed by atoms with Crippen LogP contribution in [-0.2, 0) is 4.79 Å². The van der Waals surface area contributed by atoms with Gasteiger partial charge in [0.15, 0.2) is 0 Å². The highest BCUT2D eigenvalue weighted by Crippen LogP contribution is 2.29. The predicted octanol–water partition coefficient (Wildman–Crippen LogP) is 2.71. The molecule has 1 aliphatic rings. The standard InChI is InChI=1S/C15H28N2O3/c1-4-6-12(13(18)19)11-16-14(20)17-9-5-7-15(2,3)8-10-17/h12H,4-11H2,1-3H3,(H,16,20)(H,18,19). The van der Waals surface area contributed by atoms with Gasteiger partial charge in [-0.2, -0.15) is 0 Å². The fourth-order valence-electron chi connectivity index (χ4n) is 2.61. The van der Waals surface area contributed by atoms with E-state index in [0.717, 1.165) is 38.8 Å². The number of hydrogen-bond acceptors (Lipinski definition) is 2. The molecular formula is C15H28N2O3. The molecule has 0 bridgehead atoms. The van der Waals surface area contributed by atoms with Gasteiger partial charge in [0.1, 0.15) is 0 Å². The number of amides is 2. The maximum Gasteiger partial charge on any atom is 0.317 e. The summed E-state index contributed by atoms with van der Waals surface area (Å²) < 4.78 is 0. The van der Waals surface area contributed by atoms with Crippen molar-refractivity contribution in [3.05, 3.63) is 0 Å². The Hall–Kier alpha value is -1.26. The van der Waals surface area contributed by atoms with Crippen molar-refractivity contribution in [3.63, 3.8) is 0 Å². The Labute approximate surface area is 121 Å². The van der Waals surface area contributed by atoms with Gasteiger partial charge in [-0.05, 0) is 31.1 Å². The summed E-state index contributed by atoms with van der Waals surface area (Å²) in [7, 11) is 0. The van der Waals surface area contributed by atoms with Crippen LogP contribution in [0, 0.1) is 11.3 Å². The van der Waals surface area contributed by atoms with Crippen LogP contribution in [0.15, 0.2) is 0 Å². The van der Waals surface area contributed by atoms with E-state index in [9.17, 15) is 9.59 Å². The molecule has 20 heavy (non-hydrogen) atoms. The van der Waals surface area contributed by atoms with Crippen LogP contribution in [-0.4, -0.2) is 41.6 Å². The molecule has 5 heteroatoms. The van der Waals surface area contributed by atoms with E-state index in [4.69, 9.17) is 5.11 Å². The van der Waals surface area contributed by atoms with Crippen LogP contribution < -0.4 is 5.32 Å². The Morgan fingerprint density at radius 1 is 1.30 bits per heavy atom. The third-order valence-electron chi connectivity index (χ3n) is 4.11. The molecule has 0 radical (unpaired) electrons. The maximum atomic E-state index is 12.1. The number of carbonyl (C=O) groups is 2. The first-order chi connectivity index (χ1) is 9.35. The lowest BCUT2D eigenvalue weighted by Gasteiger charge is -2.24. The average Bonchev–Trinajstić information content (AvgIpc) is 2.54. The Morgan fingerprint density at radius 3 is 2.60 bits per heavy atom. The summed E-state index contributed by atoms with van der Waals surface area (Å²) >= 11 is 0. The Kier molecular flexibility index (Phi) is 6.30. The number of rotatable bonds is 5. The molecule has 1 saturated heterocycles. The summed E-state index contributed by atoms with van der Waals surface area (Å²) in [5.41, 5.74) is 0.293. The van der Waals surface area contributed by atoms with E-state index in [2.05, 4.69) is 19.2 Å². The zero-order valence-corrected chi connectivity index (χ0v) is 12.9. The van der Waals surface area contributed by atoms with Crippen molar-refractivity contribution >= 4 is 12.0 Å². The van der Waals surface area contributed by atoms with Gasteiger partial charge in [0.25, 0.3) is 0 Å². The van der Waals surface area contributed by atoms with E-state index >= 15 is 0 Å². The lowest BCUT2D eigenvalue weighted by Crippen LogP contribution is -2.43. The number of likely N-dealkylation sites (tertiary alicyclic amines) is 1. The van der Waals surface area contributed by atoms with Crippen molar-refractivity contribution in [1.29, 1.82) is 0 Å². The largest absolute Gasteiger partial charge is 0.481 e. The number of carboxylic acids is 1. The fourth-order valence-corrected chi connectivity index (χ4v) is 2.61. The van der Waals surface area contributed by atoms with E-state index in [0.29, 0.717) is 11.8 Å². The van der Waals surface area contributed by atoms with E-state index in [1.807, 2.05) is 11.8 Å².